The number of para-hydroxylation sites is 1. The molecule has 0 atom stereocenters. The first-order chi connectivity index (χ1) is 15.2. The number of aromatic nitrogens is 1. The maximum Gasteiger partial charge on any atom is 0.161 e. The van der Waals surface area contributed by atoms with Crippen molar-refractivity contribution in [3.8, 4) is 11.5 Å². The molecule has 2 aliphatic heterocycles. The predicted molar refractivity (Wildman–Crippen MR) is 125 cm³/mol. The number of ether oxygens (including phenoxy) is 2. The van der Waals surface area contributed by atoms with Crippen molar-refractivity contribution in [2.75, 3.05) is 32.8 Å². The molecule has 4 heteroatoms. The molecule has 2 aliphatic rings. The Labute approximate surface area is 185 Å². The van der Waals surface area contributed by atoms with E-state index in [0.717, 1.165) is 42.5 Å². The van der Waals surface area contributed by atoms with Gasteiger partial charge in [-0.2, -0.15) is 0 Å². The average Bonchev–Trinajstić information content (AvgIpc) is 2.82. The number of fused-ring (bicyclic) bond motifs is 2. The molecule has 0 amide bonds. The van der Waals surface area contributed by atoms with Crippen LogP contribution in [0, 0.1) is 12.8 Å². The second-order valence-corrected chi connectivity index (χ2v) is 8.99. The summed E-state index contributed by atoms with van der Waals surface area (Å²) in [4.78, 5) is 7.43. The van der Waals surface area contributed by atoms with Gasteiger partial charge < -0.3 is 14.4 Å². The lowest BCUT2D eigenvalue weighted by atomic mass is 9.90. The van der Waals surface area contributed by atoms with Crippen molar-refractivity contribution in [3.05, 3.63) is 65.4 Å². The van der Waals surface area contributed by atoms with E-state index in [1.165, 1.54) is 54.4 Å². The third-order valence-electron chi connectivity index (χ3n) is 6.80. The highest BCUT2D eigenvalue weighted by atomic mass is 16.6. The summed E-state index contributed by atoms with van der Waals surface area (Å²) < 4.78 is 11.4. The van der Waals surface area contributed by atoms with Crippen molar-refractivity contribution >= 4 is 10.9 Å². The van der Waals surface area contributed by atoms with E-state index in [9.17, 15) is 0 Å². The van der Waals surface area contributed by atoms with Gasteiger partial charge in [0, 0.05) is 17.6 Å². The van der Waals surface area contributed by atoms with Crippen LogP contribution in [0.4, 0.5) is 0 Å². The molecule has 3 heterocycles. The van der Waals surface area contributed by atoms with Crippen LogP contribution in [0.3, 0.4) is 0 Å². The van der Waals surface area contributed by atoms with Gasteiger partial charge in [0.15, 0.2) is 11.5 Å². The minimum absolute atomic E-state index is 0.651. The fourth-order valence-electron chi connectivity index (χ4n) is 4.90. The van der Waals surface area contributed by atoms with Crippen LogP contribution in [0.1, 0.15) is 36.1 Å². The SMILES string of the molecule is Cc1ccc2cccc(CCC3CCN(CCc4ccc5c(c4)OCCO5)CC3)c2n1. The van der Waals surface area contributed by atoms with E-state index < -0.39 is 0 Å². The number of hydrogen-bond acceptors (Lipinski definition) is 4. The molecular weight excluding hydrogens is 384 g/mol. The number of nitrogens with zero attached hydrogens (tertiary/aromatic N) is 2. The summed E-state index contributed by atoms with van der Waals surface area (Å²) in [6.07, 6.45) is 6.08. The van der Waals surface area contributed by atoms with Crippen molar-refractivity contribution in [3.63, 3.8) is 0 Å². The van der Waals surface area contributed by atoms with Crippen molar-refractivity contribution in [2.24, 2.45) is 5.92 Å². The van der Waals surface area contributed by atoms with E-state index in [0.29, 0.717) is 13.2 Å². The molecule has 0 spiro atoms. The molecule has 162 valence electrons. The van der Waals surface area contributed by atoms with E-state index in [1.54, 1.807) is 0 Å². The molecule has 1 saturated heterocycles. The van der Waals surface area contributed by atoms with Gasteiger partial charge in [-0.25, -0.2) is 0 Å². The Hall–Kier alpha value is -2.59. The lowest BCUT2D eigenvalue weighted by Crippen LogP contribution is -2.35. The molecule has 0 unspecified atom stereocenters. The van der Waals surface area contributed by atoms with Crippen LogP contribution >= 0.6 is 0 Å². The second kappa shape index (κ2) is 9.27. The molecule has 0 N–H and O–H groups in total. The van der Waals surface area contributed by atoms with Crippen molar-refractivity contribution < 1.29 is 9.47 Å². The van der Waals surface area contributed by atoms with Gasteiger partial charge in [-0.3, -0.25) is 4.98 Å². The Morgan fingerprint density at radius 2 is 1.77 bits per heavy atom. The number of piperidine rings is 1. The zero-order valence-corrected chi connectivity index (χ0v) is 18.5. The Morgan fingerprint density at radius 1 is 0.935 bits per heavy atom. The fourth-order valence-corrected chi connectivity index (χ4v) is 4.90. The van der Waals surface area contributed by atoms with E-state index >= 15 is 0 Å². The number of pyridine rings is 1. The maximum atomic E-state index is 5.72. The highest BCUT2D eigenvalue weighted by molar-refractivity contribution is 5.81. The molecule has 0 radical (unpaired) electrons. The lowest BCUT2D eigenvalue weighted by Gasteiger charge is -2.32. The number of hydrogen-bond donors (Lipinski definition) is 0. The number of benzene rings is 2. The van der Waals surface area contributed by atoms with E-state index in [1.807, 2.05) is 0 Å². The zero-order chi connectivity index (χ0) is 21.0. The summed E-state index contributed by atoms with van der Waals surface area (Å²) >= 11 is 0. The van der Waals surface area contributed by atoms with Crippen LogP contribution in [0.5, 0.6) is 11.5 Å². The van der Waals surface area contributed by atoms with Crippen LogP contribution in [0.25, 0.3) is 10.9 Å². The molecule has 0 saturated carbocycles. The topological polar surface area (TPSA) is 34.6 Å². The Morgan fingerprint density at radius 3 is 2.65 bits per heavy atom. The van der Waals surface area contributed by atoms with Gasteiger partial charge in [0.25, 0.3) is 0 Å². The molecule has 0 aliphatic carbocycles. The van der Waals surface area contributed by atoms with E-state index in [4.69, 9.17) is 14.5 Å². The van der Waals surface area contributed by atoms with Gasteiger partial charge in [-0.05, 0) is 87.4 Å². The monoisotopic (exact) mass is 416 g/mol. The number of rotatable bonds is 6. The summed E-state index contributed by atoms with van der Waals surface area (Å²) in [6, 6.07) is 17.3. The van der Waals surface area contributed by atoms with Gasteiger partial charge in [-0.1, -0.05) is 30.3 Å². The highest BCUT2D eigenvalue weighted by Gasteiger charge is 2.20. The number of likely N-dealkylation sites (tertiary alicyclic amines) is 1. The first-order valence-electron chi connectivity index (χ1n) is 11.7. The van der Waals surface area contributed by atoms with Gasteiger partial charge in [0.1, 0.15) is 13.2 Å². The average molecular weight is 417 g/mol. The third-order valence-corrected chi connectivity index (χ3v) is 6.80. The van der Waals surface area contributed by atoms with Crippen LogP contribution in [-0.4, -0.2) is 42.7 Å². The van der Waals surface area contributed by atoms with Crippen molar-refractivity contribution in [1.29, 1.82) is 0 Å². The van der Waals surface area contributed by atoms with Gasteiger partial charge in [0.05, 0.1) is 5.52 Å². The summed E-state index contributed by atoms with van der Waals surface area (Å²) in [6.45, 7) is 6.93. The van der Waals surface area contributed by atoms with Crippen LogP contribution in [0.15, 0.2) is 48.5 Å². The summed E-state index contributed by atoms with van der Waals surface area (Å²) in [5, 5.41) is 1.26. The van der Waals surface area contributed by atoms with Crippen molar-refractivity contribution in [1.82, 2.24) is 9.88 Å². The van der Waals surface area contributed by atoms with E-state index in [2.05, 4.69) is 60.4 Å². The quantitative estimate of drug-likeness (QED) is 0.553. The normalized spacial score (nSPS) is 17.2. The first-order valence-corrected chi connectivity index (χ1v) is 11.7. The molecule has 4 nitrogen and oxygen atoms in total. The molecule has 0 bridgehead atoms. The van der Waals surface area contributed by atoms with Crippen LogP contribution < -0.4 is 9.47 Å². The largest absolute Gasteiger partial charge is 0.486 e. The maximum absolute atomic E-state index is 5.72. The molecule has 3 aromatic rings. The summed E-state index contributed by atoms with van der Waals surface area (Å²) in [7, 11) is 0. The smallest absolute Gasteiger partial charge is 0.161 e. The predicted octanol–water partition coefficient (Wildman–Crippen LogP) is 5.20. The first kappa shape index (κ1) is 20.3. The molecule has 31 heavy (non-hydrogen) atoms. The molecular formula is C27H32N2O2. The van der Waals surface area contributed by atoms with E-state index in [-0.39, 0.29) is 0 Å². The minimum atomic E-state index is 0.651. The highest BCUT2D eigenvalue weighted by Crippen LogP contribution is 2.31. The van der Waals surface area contributed by atoms with Crippen LogP contribution in [-0.2, 0) is 12.8 Å². The molecule has 2 aromatic carbocycles. The lowest BCUT2D eigenvalue weighted by molar-refractivity contribution is 0.170. The molecule has 1 aromatic heterocycles. The zero-order valence-electron chi connectivity index (χ0n) is 18.5. The molecule has 1 fully saturated rings. The Bertz CT molecular complexity index is 1040. The van der Waals surface area contributed by atoms with Gasteiger partial charge in [-0.15, -0.1) is 0 Å². The standard InChI is InChI=1S/C27H32N2O2/c1-20-5-8-23-3-2-4-24(27(23)28-20)9-6-21-11-14-29(15-12-21)16-13-22-7-10-25-26(19-22)31-18-17-30-25/h2-5,7-8,10,19,21H,6,9,11-18H2,1H3. The van der Waals surface area contributed by atoms with Crippen molar-refractivity contribution in [2.45, 2.75) is 39.0 Å². The van der Waals surface area contributed by atoms with Crippen LogP contribution in [0.2, 0.25) is 0 Å². The van der Waals surface area contributed by atoms with Gasteiger partial charge in [0.2, 0.25) is 0 Å². The Kier molecular flexibility index (Phi) is 6.08. The fraction of sp³-hybridized carbons (Fsp3) is 0.444. The Balaban J connectivity index is 1.10. The summed E-state index contributed by atoms with van der Waals surface area (Å²) in [5.74, 6) is 2.61. The second-order valence-electron chi connectivity index (χ2n) is 8.99. The third kappa shape index (κ3) is 4.85. The molecule has 5 rings (SSSR count). The summed E-state index contributed by atoms with van der Waals surface area (Å²) in [5.41, 5.74) is 5.04. The minimum Gasteiger partial charge on any atom is -0.486 e. The van der Waals surface area contributed by atoms with Gasteiger partial charge >= 0.3 is 0 Å². The number of aryl methyl sites for hydroxylation is 2.